The molecule has 15 heavy (non-hydrogen) atoms. The molecule has 0 fully saturated rings. The molecule has 1 heteroatoms. The highest BCUT2D eigenvalue weighted by molar-refractivity contribution is 5.54. The summed E-state index contributed by atoms with van der Waals surface area (Å²) in [6.45, 7) is 8.07. The van der Waals surface area contributed by atoms with Gasteiger partial charge in [-0.2, -0.15) is 0 Å². The molecule has 0 radical (unpaired) electrons. The van der Waals surface area contributed by atoms with Crippen molar-refractivity contribution in [1.29, 1.82) is 0 Å². The normalized spacial score (nSPS) is 10.3. The average Bonchev–Trinajstić information content (AvgIpc) is 2.55. The van der Waals surface area contributed by atoms with Crippen LogP contribution in [0, 0.1) is 13.8 Å². The lowest BCUT2D eigenvalue weighted by Crippen LogP contribution is -1.98. The van der Waals surface area contributed by atoms with Gasteiger partial charge >= 0.3 is 0 Å². The topological polar surface area (TPSA) is 4.93 Å². The quantitative estimate of drug-likeness (QED) is 0.691. The van der Waals surface area contributed by atoms with Gasteiger partial charge in [-0.3, -0.25) is 0 Å². The van der Waals surface area contributed by atoms with Crippen LogP contribution < -0.4 is 0 Å². The van der Waals surface area contributed by atoms with Crippen LogP contribution in [0.3, 0.4) is 0 Å². The Morgan fingerprint density at radius 3 is 2.33 bits per heavy atom. The smallest absolute Gasteiger partial charge is 0.0455 e. The molecular formula is C14H15N. The zero-order valence-electron chi connectivity index (χ0n) is 9.20. The Morgan fingerprint density at radius 2 is 1.80 bits per heavy atom. The van der Waals surface area contributed by atoms with Crippen molar-refractivity contribution >= 4 is 6.08 Å². The molecule has 0 atom stereocenters. The molecule has 0 aliphatic heterocycles. The van der Waals surface area contributed by atoms with Gasteiger partial charge in [-0.1, -0.05) is 30.9 Å². The predicted molar refractivity (Wildman–Crippen MR) is 65.3 cm³/mol. The molecular weight excluding hydrogens is 182 g/mol. The standard InChI is InChI=1S/C14H15N/c1-4-13-10-11(2)15(12(13)3)14-8-6-5-7-9-14/h4-10H,1H2,2-3H3. The van der Waals surface area contributed by atoms with E-state index in [-0.39, 0.29) is 0 Å². The van der Waals surface area contributed by atoms with Crippen LogP contribution in [0.25, 0.3) is 11.8 Å². The molecule has 0 bridgehead atoms. The van der Waals surface area contributed by atoms with Crippen LogP contribution in [0.15, 0.2) is 43.0 Å². The fourth-order valence-corrected chi connectivity index (χ4v) is 1.97. The van der Waals surface area contributed by atoms with Gasteiger partial charge in [0, 0.05) is 17.1 Å². The highest BCUT2D eigenvalue weighted by Crippen LogP contribution is 2.20. The third-order valence-corrected chi connectivity index (χ3v) is 2.70. The van der Waals surface area contributed by atoms with Crippen molar-refractivity contribution in [2.75, 3.05) is 0 Å². The van der Waals surface area contributed by atoms with E-state index in [1.165, 1.54) is 22.6 Å². The van der Waals surface area contributed by atoms with Gasteiger partial charge in [0.05, 0.1) is 0 Å². The summed E-state index contributed by atoms with van der Waals surface area (Å²) in [4.78, 5) is 0. The molecule has 0 aliphatic rings. The van der Waals surface area contributed by atoms with E-state index >= 15 is 0 Å². The van der Waals surface area contributed by atoms with Crippen molar-refractivity contribution < 1.29 is 0 Å². The number of hydrogen-bond donors (Lipinski definition) is 0. The number of benzene rings is 1. The highest BCUT2D eigenvalue weighted by Gasteiger charge is 2.07. The van der Waals surface area contributed by atoms with Gasteiger partial charge in [0.15, 0.2) is 0 Å². The first-order chi connectivity index (χ1) is 7.24. The van der Waals surface area contributed by atoms with Crippen LogP contribution in [0.1, 0.15) is 17.0 Å². The maximum absolute atomic E-state index is 3.83. The van der Waals surface area contributed by atoms with Crippen molar-refractivity contribution in [3.8, 4) is 5.69 Å². The maximum atomic E-state index is 3.83. The summed E-state index contributed by atoms with van der Waals surface area (Å²) in [5.41, 5.74) is 4.90. The van der Waals surface area contributed by atoms with Crippen molar-refractivity contribution in [2.45, 2.75) is 13.8 Å². The minimum absolute atomic E-state index is 1.20. The van der Waals surface area contributed by atoms with Crippen molar-refractivity contribution in [3.63, 3.8) is 0 Å². The van der Waals surface area contributed by atoms with Gasteiger partial charge in [-0.25, -0.2) is 0 Å². The van der Waals surface area contributed by atoms with E-state index in [0.29, 0.717) is 0 Å². The second kappa shape index (κ2) is 3.77. The molecule has 1 aromatic heterocycles. The largest absolute Gasteiger partial charge is 0.318 e. The van der Waals surface area contributed by atoms with Crippen molar-refractivity contribution in [3.05, 3.63) is 59.9 Å². The maximum Gasteiger partial charge on any atom is 0.0455 e. The van der Waals surface area contributed by atoms with Crippen LogP contribution >= 0.6 is 0 Å². The van der Waals surface area contributed by atoms with Crippen LogP contribution in [-0.4, -0.2) is 4.57 Å². The zero-order chi connectivity index (χ0) is 10.8. The van der Waals surface area contributed by atoms with Gasteiger partial charge in [-0.05, 0) is 37.6 Å². The average molecular weight is 197 g/mol. The zero-order valence-corrected chi connectivity index (χ0v) is 9.20. The van der Waals surface area contributed by atoms with Crippen LogP contribution in [0.2, 0.25) is 0 Å². The number of hydrogen-bond acceptors (Lipinski definition) is 0. The van der Waals surface area contributed by atoms with Gasteiger partial charge < -0.3 is 4.57 Å². The Balaban J connectivity index is 2.63. The molecule has 1 heterocycles. The minimum Gasteiger partial charge on any atom is -0.318 e. The Bertz CT molecular complexity index is 478. The lowest BCUT2D eigenvalue weighted by atomic mass is 10.2. The third-order valence-electron chi connectivity index (χ3n) is 2.70. The van der Waals surface area contributed by atoms with E-state index in [1.807, 2.05) is 12.1 Å². The summed E-state index contributed by atoms with van der Waals surface area (Å²) in [5, 5.41) is 0. The Labute approximate surface area is 90.7 Å². The van der Waals surface area contributed by atoms with Crippen molar-refractivity contribution in [2.24, 2.45) is 0 Å². The lowest BCUT2D eigenvalue weighted by molar-refractivity contribution is 0.965. The summed E-state index contributed by atoms with van der Waals surface area (Å²) in [5.74, 6) is 0. The van der Waals surface area contributed by atoms with Crippen LogP contribution in [0.4, 0.5) is 0 Å². The first kappa shape index (κ1) is 9.78. The molecule has 0 amide bonds. The minimum atomic E-state index is 1.20. The third kappa shape index (κ3) is 1.61. The molecule has 1 aromatic carbocycles. The summed E-state index contributed by atoms with van der Waals surface area (Å²) in [7, 11) is 0. The molecule has 2 aromatic rings. The molecule has 0 N–H and O–H groups in total. The number of para-hydroxylation sites is 1. The molecule has 0 spiro atoms. The summed E-state index contributed by atoms with van der Waals surface area (Å²) in [6, 6.07) is 12.5. The lowest BCUT2D eigenvalue weighted by Gasteiger charge is -2.08. The summed E-state index contributed by atoms with van der Waals surface area (Å²) >= 11 is 0. The SMILES string of the molecule is C=Cc1cc(C)n(-c2ccccc2)c1C. The van der Waals surface area contributed by atoms with E-state index in [0.717, 1.165) is 0 Å². The second-order valence-electron chi connectivity index (χ2n) is 3.70. The van der Waals surface area contributed by atoms with E-state index < -0.39 is 0 Å². The van der Waals surface area contributed by atoms with Crippen LogP contribution in [-0.2, 0) is 0 Å². The predicted octanol–water partition coefficient (Wildman–Crippen LogP) is 3.74. The van der Waals surface area contributed by atoms with Crippen LogP contribution in [0.5, 0.6) is 0 Å². The van der Waals surface area contributed by atoms with E-state index in [1.54, 1.807) is 0 Å². The van der Waals surface area contributed by atoms with Gasteiger partial charge in [0.1, 0.15) is 0 Å². The number of aromatic nitrogens is 1. The van der Waals surface area contributed by atoms with Gasteiger partial charge in [0.25, 0.3) is 0 Å². The second-order valence-corrected chi connectivity index (χ2v) is 3.70. The first-order valence-electron chi connectivity index (χ1n) is 5.11. The molecule has 1 nitrogen and oxygen atoms in total. The Morgan fingerprint density at radius 1 is 1.13 bits per heavy atom. The molecule has 76 valence electrons. The summed E-state index contributed by atoms with van der Waals surface area (Å²) < 4.78 is 2.25. The molecule has 2 rings (SSSR count). The van der Waals surface area contributed by atoms with E-state index in [2.05, 4.69) is 55.3 Å². The molecule has 0 aliphatic carbocycles. The molecule has 0 unspecified atom stereocenters. The Kier molecular flexibility index (Phi) is 2.46. The van der Waals surface area contributed by atoms with Gasteiger partial charge in [0.2, 0.25) is 0 Å². The van der Waals surface area contributed by atoms with Gasteiger partial charge in [-0.15, -0.1) is 0 Å². The number of aryl methyl sites for hydroxylation is 1. The number of nitrogens with zero attached hydrogens (tertiary/aromatic N) is 1. The fourth-order valence-electron chi connectivity index (χ4n) is 1.97. The van der Waals surface area contributed by atoms with Crippen molar-refractivity contribution in [1.82, 2.24) is 4.57 Å². The summed E-state index contributed by atoms with van der Waals surface area (Å²) in [6.07, 6.45) is 1.90. The van der Waals surface area contributed by atoms with E-state index in [4.69, 9.17) is 0 Å². The Hall–Kier alpha value is -1.76. The highest BCUT2D eigenvalue weighted by atomic mass is 15.0. The molecule has 0 saturated carbocycles. The first-order valence-corrected chi connectivity index (χ1v) is 5.11. The number of rotatable bonds is 2. The fraction of sp³-hybridized carbons (Fsp3) is 0.143. The van der Waals surface area contributed by atoms with E-state index in [9.17, 15) is 0 Å². The molecule has 0 saturated heterocycles. The monoisotopic (exact) mass is 197 g/mol.